The van der Waals surface area contributed by atoms with Gasteiger partial charge in [0.1, 0.15) is 12.7 Å². The molecule has 0 bridgehead atoms. The fourth-order valence-electron chi connectivity index (χ4n) is 5.34. The second-order valence-corrected chi connectivity index (χ2v) is 10.4. The molecule has 1 saturated heterocycles. The van der Waals surface area contributed by atoms with Gasteiger partial charge in [0, 0.05) is 6.04 Å². The molecule has 214 valence electrons. The molecule has 1 heterocycles. The molecule has 42 heavy (non-hydrogen) atoms. The zero-order chi connectivity index (χ0) is 29.5. The van der Waals surface area contributed by atoms with E-state index < -0.39 is 30.1 Å². The van der Waals surface area contributed by atoms with E-state index in [0.29, 0.717) is 11.1 Å². The Morgan fingerprint density at radius 2 is 1.31 bits per heavy atom. The molecular formula is C35H34N2O5. The number of amides is 2. The number of hydrogen-bond donors (Lipinski definition) is 0. The van der Waals surface area contributed by atoms with Crippen molar-refractivity contribution in [3.05, 3.63) is 144 Å². The van der Waals surface area contributed by atoms with Gasteiger partial charge in [-0.05, 0) is 42.7 Å². The summed E-state index contributed by atoms with van der Waals surface area (Å²) in [5, 5.41) is 0. The third-order valence-corrected chi connectivity index (χ3v) is 7.77. The highest BCUT2D eigenvalue weighted by atomic mass is 16.6. The Morgan fingerprint density at radius 1 is 0.786 bits per heavy atom. The Morgan fingerprint density at radius 3 is 1.90 bits per heavy atom. The van der Waals surface area contributed by atoms with E-state index in [1.807, 2.05) is 111 Å². The largest absolute Gasteiger partial charge is 0.453 e. The first kappa shape index (κ1) is 28.6. The normalized spacial score (nSPS) is 18.2. The summed E-state index contributed by atoms with van der Waals surface area (Å²) in [4.78, 5) is 44.5. The predicted molar refractivity (Wildman–Crippen MR) is 159 cm³/mol. The number of rotatable bonds is 8. The fourth-order valence-corrected chi connectivity index (χ4v) is 5.34. The van der Waals surface area contributed by atoms with Gasteiger partial charge < -0.3 is 14.4 Å². The van der Waals surface area contributed by atoms with Gasteiger partial charge in [0.05, 0.1) is 24.2 Å². The summed E-state index contributed by atoms with van der Waals surface area (Å²) in [6.07, 6.45) is -1.49. The molecule has 4 aromatic carbocycles. The van der Waals surface area contributed by atoms with Crippen LogP contribution in [0.1, 0.15) is 53.0 Å². The minimum Gasteiger partial charge on any atom is -0.453 e. The van der Waals surface area contributed by atoms with E-state index in [4.69, 9.17) is 9.47 Å². The van der Waals surface area contributed by atoms with Crippen molar-refractivity contribution < 1.29 is 23.9 Å². The van der Waals surface area contributed by atoms with Crippen LogP contribution in [0.15, 0.2) is 121 Å². The van der Waals surface area contributed by atoms with Gasteiger partial charge in [-0.2, -0.15) is 0 Å². The van der Waals surface area contributed by atoms with Crippen molar-refractivity contribution in [1.82, 2.24) is 9.80 Å². The predicted octanol–water partition coefficient (Wildman–Crippen LogP) is 6.79. The zero-order valence-electron chi connectivity index (χ0n) is 23.7. The van der Waals surface area contributed by atoms with E-state index in [1.54, 1.807) is 34.1 Å². The molecule has 7 heteroatoms. The number of ether oxygens (including phenoxy) is 2. The third kappa shape index (κ3) is 6.36. The summed E-state index contributed by atoms with van der Waals surface area (Å²) in [6, 6.07) is 36.0. The van der Waals surface area contributed by atoms with Crippen molar-refractivity contribution in [3.8, 4) is 0 Å². The van der Waals surface area contributed by atoms with Gasteiger partial charge in [0.2, 0.25) is 5.91 Å². The lowest BCUT2D eigenvalue weighted by atomic mass is 9.85. The van der Waals surface area contributed by atoms with E-state index in [1.165, 1.54) is 0 Å². The molecule has 1 fully saturated rings. The average molecular weight is 563 g/mol. The van der Waals surface area contributed by atoms with Gasteiger partial charge in [0.25, 0.3) is 0 Å². The van der Waals surface area contributed by atoms with Gasteiger partial charge >= 0.3 is 12.1 Å². The van der Waals surface area contributed by atoms with Gasteiger partial charge in [-0.1, -0.05) is 109 Å². The highest BCUT2D eigenvalue weighted by Crippen LogP contribution is 2.38. The zero-order valence-corrected chi connectivity index (χ0v) is 23.7. The number of nitrogens with zero attached hydrogens (tertiary/aromatic N) is 2. The topological polar surface area (TPSA) is 76.2 Å². The lowest BCUT2D eigenvalue weighted by Gasteiger charge is -2.47. The van der Waals surface area contributed by atoms with Crippen LogP contribution in [0.3, 0.4) is 0 Å². The van der Waals surface area contributed by atoms with Gasteiger partial charge in [0.15, 0.2) is 0 Å². The van der Waals surface area contributed by atoms with E-state index in [2.05, 4.69) is 0 Å². The molecule has 1 aliphatic rings. The lowest BCUT2D eigenvalue weighted by molar-refractivity contribution is -0.156. The standard InChI is InChI=1S/C35H34N2O5/c1-25(28-17-9-4-10-18-28)36-24-37(35(40)41-23-27-15-7-3-8-16-27)26(2)31(33(36)38)32(29-19-11-5-12-20-29)42-34(39)30-21-13-6-14-22-30/h3-22,25-26,31-32H,23-24H2,1-2H3/t25-,26+,31-,32-/m0/s1. The average Bonchev–Trinajstić information content (AvgIpc) is 3.04. The molecule has 0 radical (unpaired) electrons. The van der Waals surface area contributed by atoms with E-state index >= 15 is 0 Å². The van der Waals surface area contributed by atoms with Crippen LogP contribution >= 0.6 is 0 Å². The Balaban J connectivity index is 1.51. The molecule has 0 aliphatic carbocycles. The molecule has 4 atom stereocenters. The van der Waals surface area contributed by atoms with Crippen molar-refractivity contribution >= 4 is 18.0 Å². The van der Waals surface area contributed by atoms with Crippen molar-refractivity contribution in [2.45, 2.75) is 38.6 Å². The van der Waals surface area contributed by atoms with Crippen LogP contribution in [0.4, 0.5) is 4.79 Å². The Hall–Kier alpha value is -4.91. The van der Waals surface area contributed by atoms with Crippen LogP contribution in [0, 0.1) is 5.92 Å². The van der Waals surface area contributed by atoms with Crippen LogP contribution in [-0.2, 0) is 20.9 Å². The summed E-state index contributed by atoms with van der Waals surface area (Å²) in [5.74, 6) is -1.64. The molecule has 0 unspecified atom stereocenters. The first-order chi connectivity index (χ1) is 20.4. The molecule has 0 spiro atoms. The number of esters is 1. The molecular weight excluding hydrogens is 528 g/mol. The lowest BCUT2D eigenvalue weighted by Crippen LogP contribution is -2.61. The second kappa shape index (κ2) is 13.2. The summed E-state index contributed by atoms with van der Waals surface area (Å²) in [5.41, 5.74) is 2.83. The number of carbonyl (C=O) groups excluding carboxylic acids is 3. The van der Waals surface area contributed by atoms with Crippen LogP contribution < -0.4 is 0 Å². The Bertz CT molecular complexity index is 1480. The monoisotopic (exact) mass is 562 g/mol. The Labute approximate surface area is 246 Å². The Kier molecular flexibility index (Phi) is 8.97. The molecule has 0 aromatic heterocycles. The first-order valence-corrected chi connectivity index (χ1v) is 14.1. The molecule has 1 aliphatic heterocycles. The maximum absolute atomic E-state index is 14.4. The smallest absolute Gasteiger partial charge is 0.411 e. The van der Waals surface area contributed by atoms with Crippen molar-refractivity contribution in [3.63, 3.8) is 0 Å². The minimum absolute atomic E-state index is 0.0360. The van der Waals surface area contributed by atoms with E-state index in [0.717, 1.165) is 11.1 Å². The molecule has 0 saturated carbocycles. The summed E-state index contributed by atoms with van der Waals surface area (Å²) in [7, 11) is 0. The maximum atomic E-state index is 14.4. The number of benzene rings is 4. The summed E-state index contributed by atoms with van der Waals surface area (Å²) in [6.45, 7) is 3.87. The highest BCUT2D eigenvalue weighted by Gasteiger charge is 2.48. The quantitative estimate of drug-likeness (QED) is 0.221. The van der Waals surface area contributed by atoms with Crippen LogP contribution in [0.2, 0.25) is 0 Å². The molecule has 4 aromatic rings. The van der Waals surface area contributed by atoms with Crippen LogP contribution in [0.25, 0.3) is 0 Å². The van der Waals surface area contributed by atoms with Gasteiger partial charge in [-0.25, -0.2) is 9.59 Å². The number of hydrogen-bond acceptors (Lipinski definition) is 5. The summed E-state index contributed by atoms with van der Waals surface area (Å²) >= 11 is 0. The highest BCUT2D eigenvalue weighted by molar-refractivity contribution is 5.90. The van der Waals surface area contributed by atoms with Crippen molar-refractivity contribution in [2.24, 2.45) is 5.92 Å². The van der Waals surface area contributed by atoms with Crippen LogP contribution in [0.5, 0.6) is 0 Å². The van der Waals surface area contributed by atoms with E-state index in [9.17, 15) is 14.4 Å². The second-order valence-electron chi connectivity index (χ2n) is 10.4. The SMILES string of the molecule is C[C@@H]1[C@@H]([C@@H](OC(=O)c2ccccc2)c2ccccc2)C(=O)N([C@@H](C)c2ccccc2)CN1C(=O)OCc1ccccc1. The number of carbonyl (C=O) groups is 3. The van der Waals surface area contributed by atoms with Gasteiger partial charge in [-0.15, -0.1) is 0 Å². The van der Waals surface area contributed by atoms with Gasteiger partial charge in [-0.3, -0.25) is 9.69 Å². The van der Waals surface area contributed by atoms with E-state index in [-0.39, 0.29) is 25.2 Å². The molecule has 5 rings (SSSR count). The minimum atomic E-state index is -0.948. The molecule has 7 nitrogen and oxygen atoms in total. The first-order valence-electron chi connectivity index (χ1n) is 14.1. The third-order valence-electron chi connectivity index (χ3n) is 7.77. The molecule has 0 N–H and O–H groups in total. The fraction of sp³-hybridized carbons (Fsp3) is 0.229. The van der Waals surface area contributed by atoms with Crippen molar-refractivity contribution in [1.29, 1.82) is 0 Å². The maximum Gasteiger partial charge on any atom is 0.411 e. The van der Waals surface area contributed by atoms with Crippen molar-refractivity contribution in [2.75, 3.05) is 6.67 Å². The molecule has 2 amide bonds. The summed E-state index contributed by atoms with van der Waals surface area (Å²) < 4.78 is 11.9. The van der Waals surface area contributed by atoms with Crippen LogP contribution in [-0.4, -0.2) is 40.5 Å².